The maximum absolute atomic E-state index is 5.97. The molecular formula is C16H18N2OS. The zero-order valence-electron chi connectivity index (χ0n) is 11.7. The molecule has 0 amide bonds. The van der Waals surface area contributed by atoms with E-state index in [4.69, 9.17) is 4.42 Å². The Morgan fingerprint density at radius 2 is 2.20 bits per heavy atom. The first-order valence-corrected chi connectivity index (χ1v) is 7.78. The van der Waals surface area contributed by atoms with E-state index < -0.39 is 0 Å². The second-order valence-electron chi connectivity index (χ2n) is 4.99. The fraction of sp³-hybridized carbons (Fsp3) is 0.312. The Bertz CT molecular complexity index is 688. The third-order valence-corrected chi connectivity index (χ3v) is 4.22. The van der Waals surface area contributed by atoms with Crippen molar-refractivity contribution in [1.29, 1.82) is 0 Å². The van der Waals surface area contributed by atoms with Crippen molar-refractivity contribution in [2.45, 2.75) is 26.3 Å². The number of benzene rings is 1. The first kappa shape index (κ1) is 13.3. The van der Waals surface area contributed by atoms with Crippen molar-refractivity contribution < 1.29 is 4.42 Å². The van der Waals surface area contributed by atoms with Crippen LogP contribution in [0.25, 0.3) is 11.0 Å². The highest BCUT2D eigenvalue weighted by Crippen LogP contribution is 2.28. The van der Waals surface area contributed by atoms with Crippen LogP contribution in [0.2, 0.25) is 0 Å². The van der Waals surface area contributed by atoms with E-state index in [-0.39, 0.29) is 6.04 Å². The molecule has 3 rings (SSSR count). The van der Waals surface area contributed by atoms with Crippen LogP contribution in [-0.2, 0) is 6.42 Å². The fourth-order valence-electron chi connectivity index (χ4n) is 2.48. The Hall–Kier alpha value is -1.65. The first-order chi connectivity index (χ1) is 9.75. The van der Waals surface area contributed by atoms with E-state index in [0.717, 1.165) is 30.0 Å². The van der Waals surface area contributed by atoms with Gasteiger partial charge in [0.2, 0.25) is 0 Å². The van der Waals surface area contributed by atoms with Gasteiger partial charge in [-0.2, -0.15) is 0 Å². The predicted molar refractivity (Wildman–Crippen MR) is 83.2 cm³/mol. The van der Waals surface area contributed by atoms with Crippen molar-refractivity contribution in [2.24, 2.45) is 0 Å². The molecule has 0 fully saturated rings. The van der Waals surface area contributed by atoms with Gasteiger partial charge < -0.3 is 9.73 Å². The van der Waals surface area contributed by atoms with Crippen LogP contribution in [0.1, 0.15) is 30.0 Å². The normalized spacial score (nSPS) is 12.9. The van der Waals surface area contributed by atoms with E-state index in [1.54, 1.807) is 11.3 Å². The van der Waals surface area contributed by atoms with Gasteiger partial charge in [-0.3, -0.25) is 0 Å². The van der Waals surface area contributed by atoms with Crippen molar-refractivity contribution in [3.63, 3.8) is 0 Å². The number of hydrogen-bond acceptors (Lipinski definition) is 4. The lowest BCUT2D eigenvalue weighted by atomic mass is 10.1. The number of aromatic nitrogens is 1. The van der Waals surface area contributed by atoms with Crippen molar-refractivity contribution in [3.8, 4) is 0 Å². The van der Waals surface area contributed by atoms with Gasteiger partial charge in [0.15, 0.2) is 0 Å². The number of fused-ring (bicyclic) bond motifs is 1. The number of para-hydroxylation sites is 1. The minimum absolute atomic E-state index is 0.209. The molecule has 2 heterocycles. The average molecular weight is 286 g/mol. The van der Waals surface area contributed by atoms with Crippen LogP contribution in [0.4, 0.5) is 0 Å². The minimum atomic E-state index is 0.209. The first-order valence-electron chi connectivity index (χ1n) is 6.84. The Morgan fingerprint density at radius 3 is 2.95 bits per heavy atom. The van der Waals surface area contributed by atoms with Crippen molar-refractivity contribution in [2.75, 3.05) is 6.54 Å². The van der Waals surface area contributed by atoms with Gasteiger partial charge in [0.25, 0.3) is 0 Å². The number of aryl methyl sites for hydroxylation is 1. The Labute approximate surface area is 122 Å². The summed E-state index contributed by atoms with van der Waals surface area (Å²) < 4.78 is 5.97. The molecule has 0 aliphatic heterocycles. The topological polar surface area (TPSA) is 38.1 Å². The summed E-state index contributed by atoms with van der Waals surface area (Å²) >= 11 is 1.64. The van der Waals surface area contributed by atoms with Crippen LogP contribution in [-0.4, -0.2) is 11.5 Å². The number of hydrogen-bond donors (Lipinski definition) is 1. The van der Waals surface area contributed by atoms with E-state index in [0.29, 0.717) is 0 Å². The van der Waals surface area contributed by atoms with Crippen molar-refractivity contribution >= 4 is 22.3 Å². The van der Waals surface area contributed by atoms with Crippen LogP contribution >= 0.6 is 11.3 Å². The molecule has 1 atom stereocenters. The summed E-state index contributed by atoms with van der Waals surface area (Å²) in [5.41, 5.74) is 5.22. The molecule has 4 heteroatoms. The minimum Gasteiger partial charge on any atom is -0.459 e. The Balaban J connectivity index is 1.69. The Morgan fingerprint density at radius 1 is 1.35 bits per heavy atom. The molecule has 0 spiro atoms. The van der Waals surface area contributed by atoms with E-state index in [1.165, 1.54) is 10.9 Å². The summed E-state index contributed by atoms with van der Waals surface area (Å²) in [6.07, 6.45) is 0.952. The van der Waals surface area contributed by atoms with Crippen LogP contribution in [0.5, 0.6) is 0 Å². The summed E-state index contributed by atoms with van der Waals surface area (Å²) in [6.45, 7) is 5.17. The zero-order chi connectivity index (χ0) is 13.9. The molecule has 0 aliphatic rings. The highest BCUT2D eigenvalue weighted by atomic mass is 32.1. The van der Waals surface area contributed by atoms with Crippen molar-refractivity contribution in [3.05, 3.63) is 52.2 Å². The van der Waals surface area contributed by atoms with Crippen LogP contribution in [0.3, 0.4) is 0 Å². The molecule has 3 aromatic rings. The average Bonchev–Trinajstić information content (AvgIpc) is 3.08. The van der Waals surface area contributed by atoms with Gasteiger partial charge in [-0.05, 0) is 25.5 Å². The van der Waals surface area contributed by atoms with Gasteiger partial charge in [-0.25, -0.2) is 4.98 Å². The molecule has 20 heavy (non-hydrogen) atoms. The number of nitrogens with one attached hydrogen (secondary N) is 1. The fourth-order valence-corrected chi connectivity index (χ4v) is 3.07. The molecule has 3 nitrogen and oxygen atoms in total. The molecule has 0 aliphatic carbocycles. The largest absolute Gasteiger partial charge is 0.459 e. The molecule has 0 saturated carbocycles. The number of thiazole rings is 1. The van der Waals surface area contributed by atoms with Crippen LogP contribution in [0.15, 0.2) is 39.6 Å². The molecule has 1 aromatic carbocycles. The summed E-state index contributed by atoms with van der Waals surface area (Å²) in [7, 11) is 0. The molecule has 0 radical (unpaired) electrons. The number of nitrogens with zero attached hydrogens (tertiary/aromatic N) is 1. The highest BCUT2D eigenvalue weighted by molar-refractivity contribution is 7.07. The maximum Gasteiger partial charge on any atom is 0.134 e. The van der Waals surface area contributed by atoms with E-state index in [9.17, 15) is 0 Å². The molecule has 2 aromatic heterocycles. The summed E-state index contributed by atoms with van der Waals surface area (Å²) in [5, 5.41) is 6.81. The van der Waals surface area contributed by atoms with Gasteiger partial charge in [0.05, 0.1) is 17.2 Å². The molecule has 0 bridgehead atoms. The van der Waals surface area contributed by atoms with E-state index >= 15 is 0 Å². The van der Waals surface area contributed by atoms with E-state index in [2.05, 4.69) is 41.7 Å². The zero-order valence-corrected chi connectivity index (χ0v) is 12.5. The van der Waals surface area contributed by atoms with Gasteiger partial charge in [0, 0.05) is 23.7 Å². The second-order valence-corrected chi connectivity index (χ2v) is 5.71. The number of rotatable bonds is 5. The number of furan rings is 1. The standard InChI is InChI=1S/C16H18N2OS/c1-11-14-5-3-4-6-15(14)19-16(11)12(2)17-8-7-13-9-20-10-18-13/h3-6,9-10,12,17H,7-8H2,1-2H3. The lowest BCUT2D eigenvalue weighted by Crippen LogP contribution is -2.21. The van der Waals surface area contributed by atoms with Gasteiger partial charge in [0.1, 0.15) is 11.3 Å². The van der Waals surface area contributed by atoms with Gasteiger partial charge >= 0.3 is 0 Å². The van der Waals surface area contributed by atoms with Crippen LogP contribution < -0.4 is 5.32 Å². The summed E-state index contributed by atoms with van der Waals surface area (Å²) in [4.78, 5) is 4.29. The lowest BCUT2D eigenvalue weighted by molar-refractivity contribution is 0.450. The molecule has 104 valence electrons. The summed E-state index contributed by atoms with van der Waals surface area (Å²) in [5.74, 6) is 1.03. The summed E-state index contributed by atoms with van der Waals surface area (Å²) in [6, 6.07) is 8.40. The molecule has 1 N–H and O–H groups in total. The Kier molecular flexibility index (Phi) is 3.85. The van der Waals surface area contributed by atoms with Gasteiger partial charge in [-0.1, -0.05) is 18.2 Å². The van der Waals surface area contributed by atoms with Crippen molar-refractivity contribution in [1.82, 2.24) is 10.3 Å². The SMILES string of the molecule is Cc1c(C(C)NCCc2cscn2)oc2ccccc12. The molecule has 1 unspecified atom stereocenters. The monoisotopic (exact) mass is 286 g/mol. The van der Waals surface area contributed by atoms with Gasteiger partial charge in [-0.15, -0.1) is 11.3 Å². The quantitative estimate of drug-likeness (QED) is 0.767. The van der Waals surface area contributed by atoms with Crippen LogP contribution in [0, 0.1) is 6.92 Å². The predicted octanol–water partition coefficient (Wildman–Crippen LogP) is 4.09. The highest BCUT2D eigenvalue weighted by Gasteiger charge is 2.15. The second kappa shape index (κ2) is 5.77. The third-order valence-electron chi connectivity index (χ3n) is 3.59. The van der Waals surface area contributed by atoms with E-state index in [1.807, 2.05) is 17.6 Å². The smallest absolute Gasteiger partial charge is 0.134 e. The lowest BCUT2D eigenvalue weighted by Gasteiger charge is -2.11. The molecule has 0 saturated heterocycles. The molecular weight excluding hydrogens is 268 g/mol. The maximum atomic E-state index is 5.97. The third kappa shape index (κ3) is 2.62.